The van der Waals surface area contributed by atoms with Crippen LogP contribution in [0, 0.1) is 0 Å². The summed E-state index contributed by atoms with van der Waals surface area (Å²) < 4.78 is 0. The van der Waals surface area contributed by atoms with Crippen LogP contribution in [-0.4, -0.2) is 61.2 Å². The van der Waals surface area contributed by atoms with Gasteiger partial charge in [0.15, 0.2) is 5.96 Å². The van der Waals surface area contributed by atoms with Gasteiger partial charge in [0.25, 0.3) is 0 Å². The van der Waals surface area contributed by atoms with Crippen LogP contribution in [0.4, 0.5) is 5.69 Å². The SMILES string of the molecule is CCNC(=NCc1ncc(CC)s1)NCC(C)N1CCN(c2ccccc2)CC1.I. The summed E-state index contributed by atoms with van der Waals surface area (Å²) in [5, 5.41) is 7.93. The molecule has 1 aliphatic rings. The fraction of sp³-hybridized carbons (Fsp3) is 0.545. The van der Waals surface area contributed by atoms with E-state index in [1.165, 1.54) is 10.6 Å². The number of halogens is 1. The first-order valence-corrected chi connectivity index (χ1v) is 11.5. The Morgan fingerprint density at radius 2 is 1.87 bits per heavy atom. The summed E-state index contributed by atoms with van der Waals surface area (Å²) in [6.45, 7) is 13.2. The van der Waals surface area contributed by atoms with E-state index in [9.17, 15) is 0 Å². The smallest absolute Gasteiger partial charge is 0.191 e. The molecule has 6 nitrogen and oxygen atoms in total. The Bertz CT molecular complexity index is 758. The van der Waals surface area contributed by atoms with E-state index in [0.717, 1.165) is 56.7 Å². The third kappa shape index (κ3) is 7.39. The predicted molar refractivity (Wildman–Crippen MR) is 139 cm³/mol. The number of hydrogen-bond acceptors (Lipinski definition) is 5. The zero-order chi connectivity index (χ0) is 20.5. The van der Waals surface area contributed by atoms with Crippen molar-refractivity contribution in [3.8, 4) is 0 Å². The summed E-state index contributed by atoms with van der Waals surface area (Å²) in [5.74, 6) is 0.871. The van der Waals surface area contributed by atoms with E-state index in [4.69, 9.17) is 4.99 Å². The van der Waals surface area contributed by atoms with Gasteiger partial charge in [-0.25, -0.2) is 9.98 Å². The van der Waals surface area contributed by atoms with Gasteiger partial charge in [0.05, 0.1) is 6.54 Å². The van der Waals surface area contributed by atoms with E-state index >= 15 is 0 Å². The van der Waals surface area contributed by atoms with Crippen LogP contribution in [0.1, 0.15) is 30.7 Å². The molecule has 0 spiro atoms. The van der Waals surface area contributed by atoms with Crippen molar-refractivity contribution in [3.63, 3.8) is 0 Å². The van der Waals surface area contributed by atoms with Gasteiger partial charge < -0.3 is 15.5 Å². The first kappa shape index (κ1) is 24.9. The quantitative estimate of drug-likeness (QED) is 0.304. The molecule has 1 aromatic heterocycles. The highest BCUT2D eigenvalue weighted by atomic mass is 127. The molecule has 1 atom stereocenters. The van der Waals surface area contributed by atoms with Crippen LogP contribution < -0.4 is 15.5 Å². The lowest BCUT2D eigenvalue weighted by molar-refractivity contribution is 0.197. The summed E-state index contributed by atoms with van der Waals surface area (Å²) in [6, 6.07) is 11.2. The van der Waals surface area contributed by atoms with E-state index < -0.39 is 0 Å². The molecule has 0 radical (unpaired) electrons. The van der Waals surface area contributed by atoms with Crippen molar-refractivity contribution < 1.29 is 0 Å². The van der Waals surface area contributed by atoms with Gasteiger partial charge in [-0.3, -0.25) is 4.90 Å². The van der Waals surface area contributed by atoms with Gasteiger partial charge in [-0.05, 0) is 32.4 Å². The maximum Gasteiger partial charge on any atom is 0.191 e. The molecule has 1 aliphatic heterocycles. The lowest BCUT2D eigenvalue weighted by Gasteiger charge is -2.39. The van der Waals surface area contributed by atoms with Gasteiger partial charge in [0.2, 0.25) is 0 Å². The van der Waals surface area contributed by atoms with E-state index in [0.29, 0.717) is 12.6 Å². The summed E-state index contributed by atoms with van der Waals surface area (Å²) >= 11 is 1.75. The van der Waals surface area contributed by atoms with Crippen molar-refractivity contribution in [1.29, 1.82) is 0 Å². The molecule has 3 rings (SSSR count). The van der Waals surface area contributed by atoms with Gasteiger partial charge in [0.1, 0.15) is 5.01 Å². The second-order valence-electron chi connectivity index (χ2n) is 7.36. The minimum absolute atomic E-state index is 0. The third-order valence-corrected chi connectivity index (χ3v) is 6.42. The second-order valence-corrected chi connectivity index (χ2v) is 8.56. The summed E-state index contributed by atoms with van der Waals surface area (Å²) in [5.41, 5.74) is 1.33. The number of aromatic nitrogens is 1. The Hall–Kier alpha value is -1.39. The average Bonchev–Trinajstić information content (AvgIpc) is 3.24. The second kappa shape index (κ2) is 13.1. The van der Waals surface area contributed by atoms with Crippen molar-refractivity contribution in [2.45, 2.75) is 39.8 Å². The molecular weight excluding hydrogens is 507 g/mol. The molecule has 2 heterocycles. The number of guanidine groups is 1. The molecule has 2 N–H and O–H groups in total. The largest absolute Gasteiger partial charge is 0.369 e. The zero-order valence-corrected chi connectivity index (χ0v) is 21.5. The first-order valence-electron chi connectivity index (χ1n) is 10.7. The van der Waals surface area contributed by atoms with Crippen molar-refractivity contribution in [2.75, 3.05) is 44.2 Å². The summed E-state index contributed by atoms with van der Waals surface area (Å²) in [4.78, 5) is 15.5. The molecule has 0 bridgehead atoms. The molecule has 166 valence electrons. The maximum atomic E-state index is 4.72. The lowest BCUT2D eigenvalue weighted by atomic mass is 10.2. The number of nitrogens with one attached hydrogen (secondary N) is 2. The highest BCUT2D eigenvalue weighted by Crippen LogP contribution is 2.16. The van der Waals surface area contributed by atoms with Crippen molar-refractivity contribution >= 4 is 47.0 Å². The van der Waals surface area contributed by atoms with Crippen LogP contribution in [0.25, 0.3) is 0 Å². The Labute approximate surface area is 202 Å². The lowest BCUT2D eigenvalue weighted by Crippen LogP contribution is -2.53. The Morgan fingerprint density at radius 1 is 1.13 bits per heavy atom. The van der Waals surface area contributed by atoms with Crippen LogP contribution in [0.2, 0.25) is 0 Å². The average molecular weight is 543 g/mol. The van der Waals surface area contributed by atoms with Crippen LogP contribution in [-0.2, 0) is 13.0 Å². The first-order chi connectivity index (χ1) is 14.2. The van der Waals surface area contributed by atoms with E-state index in [1.807, 2.05) is 6.20 Å². The van der Waals surface area contributed by atoms with E-state index in [1.54, 1.807) is 11.3 Å². The number of anilines is 1. The normalized spacial score (nSPS) is 16.1. The summed E-state index contributed by atoms with van der Waals surface area (Å²) in [6.07, 6.45) is 3.00. The molecule has 1 aromatic carbocycles. The van der Waals surface area contributed by atoms with Crippen LogP contribution in [0.3, 0.4) is 0 Å². The molecule has 2 aromatic rings. The standard InChI is InChI=1S/C22H34N6S.HI/c1-4-20-16-24-21(29-20)17-26-22(23-5-2)25-15-18(3)27-11-13-28(14-12-27)19-9-7-6-8-10-19;/h6-10,16,18H,4-5,11-15,17H2,1-3H3,(H2,23,25,26);1H. The Balaban J connectivity index is 0.00000320. The number of aliphatic imine (C=N–C) groups is 1. The number of thiazole rings is 1. The Kier molecular flexibility index (Phi) is 10.9. The molecule has 8 heteroatoms. The topological polar surface area (TPSA) is 55.8 Å². The molecule has 0 saturated carbocycles. The maximum absolute atomic E-state index is 4.72. The van der Waals surface area contributed by atoms with Crippen molar-refractivity contribution in [1.82, 2.24) is 20.5 Å². The Morgan fingerprint density at radius 3 is 2.50 bits per heavy atom. The predicted octanol–water partition coefficient (Wildman–Crippen LogP) is 3.59. The van der Waals surface area contributed by atoms with Gasteiger partial charge >= 0.3 is 0 Å². The van der Waals surface area contributed by atoms with Crippen molar-refractivity contribution in [3.05, 3.63) is 46.4 Å². The number of hydrogen-bond donors (Lipinski definition) is 2. The minimum atomic E-state index is 0. The van der Waals surface area contributed by atoms with Crippen LogP contribution >= 0.6 is 35.3 Å². The van der Waals surface area contributed by atoms with Gasteiger partial charge in [-0.2, -0.15) is 0 Å². The molecule has 1 saturated heterocycles. The van der Waals surface area contributed by atoms with Crippen molar-refractivity contribution in [2.24, 2.45) is 4.99 Å². The van der Waals surface area contributed by atoms with Crippen LogP contribution in [0.15, 0.2) is 41.5 Å². The van der Waals surface area contributed by atoms with Gasteiger partial charge in [-0.15, -0.1) is 35.3 Å². The number of rotatable bonds is 8. The fourth-order valence-electron chi connectivity index (χ4n) is 3.51. The number of para-hydroxylation sites is 1. The number of benzene rings is 1. The van der Waals surface area contributed by atoms with Crippen LogP contribution in [0.5, 0.6) is 0 Å². The van der Waals surface area contributed by atoms with E-state index in [2.05, 4.69) is 76.5 Å². The highest BCUT2D eigenvalue weighted by molar-refractivity contribution is 14.0. The summed E-state index contributed by atoms with van der Waals surface area (Å²) in [7, 11) is 0. The minimum Gasteiger partial charge on any atom is -0.369 e. The molecule has 0 aliphatic carbocycles. The molecule has 1 unspecified atom stereocenters. The monoisotopic (exact) mass is 542 g/mol. The number of aryl methyl sites for hydroxylation is 1. The molecule has 0 amide bonds. The molecular formula is C22H35IN6S. The van der Waals surface area contributed by atoms with Gasteiger partial charge in [0, 0.05) is 62.1 Å². The molecule has 1 fully saturated rings. The number of piperazine rings is 1. The van der Waals surface area contributed by atoms with E-state index in [-0.39, 0.29) is 24.0 Å². The fourth-order valence-corrected chi connectivity index (χ4v) is 4.29. The highest BCUT2D eigenvalue weighted by Gasteiger charge is 2.21. The zero-order valence-electron chi connectivity index (χ0n) is 18.3. The third-order valence-electron chi connectivity index (χ3n) is 5.29. The molecule has 30 heavy (non-hydrogen) atoms. The van der Waals surface area contributed by atoms with Gasteiger partial charge in [-0.1, -0.05) is 25.1 Å². The number of nitrogens with zero attached hydrogens (tertiary/aromatic N) is 4.